The molecule has 2 N–H and O–H groups in total. The minimum atomic E-state index is -4.64. The maximum atomic E-state index is 12.1. The molecular formula is C15H14Cl2N4O6S. The van der Waals surface area contributed by atoms with Crippen molar-refractivity contribution in [1.82, 2.24) is 14.7 Å². The number of alkyl halides is 1. The normalized spacial score (nSPS) is 10.8. The van der Waals surface area contributed by atoms with Crippen molar-refractivity contribution in [3.05, 3.63) is 46.7 Å². The first kappa shape index (κ1) is 21.7. The van der Waals surface area contributed by atoms with Crippen LogP contribution in [0.1, 0.15) is 16.1 Å². The van der Waals surface area contributed by atoms with Gasteiger partial charge >= 0.3 is 22.3 Å². The predicted octanol–water partition coefficient (Wildman–Crippen LogP) is 2.28. The van der Waals surface area contributed by atoms with Crippen LogP contribution in [0.4, 0.5) is 10.7 Å². The lowest BCUT2D eigenvalue weighted by molar-refractivity contribution is 0.0527. The minimum Gasteiger partial charge on any atom is -0.461 e. The van der Waals surface area contributed by atoms with Gasteiger partial charge in [0.2, 0.25) is 5.95 Å². The maximum absolute atomic E-state index is 12.1. The lowest BCUT2D eigenvalue weighted by Gasteiger charge is -2.11. The maximum Gasteiger partial charge on any atom is 0.411 e. The van der Waals surface area contributed by atoms with Crippen LogP contribution in [0.3, 0.4) is 0 Å². The Morgan fingerprint density at radius 2 is 1.93 bits per heavy atom. The average molecular weight is 449 g/mol. The average Bonchev–Trinajstić information content (AvgIpc) is 2.58. The zero-order valence-electron chi connectivity index (χ0n) is 14.3. The molecule has 0 bridgehead atoms. The van der Waals surface area contributed by atoms with E-state index in [0.29, 0.717) is 5.69 Å². The molecule has 0 spiro atoms. The summed E-state index contributed by atoms with van der Waals surface area (Å²) >= 11 is 11.2. The lowest BCUT2D eigenvalue weighted by atomic mass is 10.2. The Morgan fingerprint density at radius 3 is 2.61 bits per heavy atom. The topological polar surface area (TPSA) is 137 Å². The van der Waals surface area contributed by atoms with Gasteiger partial charge in [0.1, 0.15) is 17.3 Å². The fraction of sp³-hybridized carbons (Fsp3) is 0.200. The van der Waals surface area contributed by atoms with Gasteiger partial charge in [0.05, 0.1) is 5.88 Å². The highest BCUT2D eigenvalue weighted by atomic mass is 35.5. The monoisotopic (exact) mass is 448 g/mol. The first-order chi connectivity index (χ1) is 13.2. The van der Waals surface area contributed by atoms with Crippen LogP contribution in [-0.2, 0) is 15.0 Å². The molecular weight excluding hydrogens is 435 g/mol. The van der Waals surface area contributed by atoms with Crippen molar-refractivity contribution in [2.75, 3.05) is 17.8 Å². The van der Waals surface area contributed by atoms with Crippen molar-refractivity contribution in [3.63, 3.8) is 0 Å². The van der Waals surface area contributed by atoms with Gasteiger partial charge in [-0.2, -0.15) is 8.42 Å². The molecule has 150 valence electrons. The first-order valence-electron chi connectivity index (χ1n) is 7.56. The van der Waals surface area contributed by atoms with E-state index in [1.54, 1.807) is 11.6 Å². The van der Waals surface area contributed by atoms with Crippen molar-refractivity contribution in [3.8, 4) is 5.75 Å². The number of rotatable bonds is 7. The van der Waals surface area contributed by atoms with E-state index < -0.39 is 22.3 Å². The molecule has 2 amide bonds. The summed E-state index contributed by atoms with van der Waals surface area (Å²) in [5.74, 6) is -1.31. The molecule has 0 atom stereocenters. The molecule has 0 aliphatic rings. The summed E-state index contributed by atoms with van der Waals surface area (Å²) < 4.78 is 35.4. The van der Waals surface area contributed by atoms with Crippen molar-refractivity contribution >= 4 is 51.5 Å². The molecule has 0 saturated heterocycles. The van der Waals surface area contributed by atoms with Gasteiger partial charge in [-0.25, -0.2) is 24.3 Å². The van der Waals surface area contributed by atoms with Crippen LogP contribution in [0.5, 0.6) is 5.75 Å². The Bertz CT molecular complexity index is 966. The third kappa shape index (κ3) is 6.51. The number of para-hydroxylation sites is 1. The van der Waals surface area contributed by atoms with Crippen LogP contribution in [0.15, 0.2) is 30.3 Å². The van der Waals surface area contributed by atoms with E-state index in [1.807, 2.05) is 0 Å². The molecule has 1 aromatic heterocycles. The highest BCUT2D eigenvalue weighted by molar-refractivity contribution is 7.85. The predicted molar refractivity (Wildman–Crippen MR) is 101 cm³/mol. The van der Waals surface area contributed by atoms with Gasteiger partial charge in [0.15, 0.2) is 5.75 Å². The Balaban J connectivity index is 2.09. The summed E-state index contributed by atoms with van der Waals surface area (Å²) in [6, 6.07) is 5.69. The van der Waals surface area contributed by atoms with Crippen LogP contribution in [0.2, 0.25) is 5.15 Å². The fourth-order valence-corrected chi connectivity index (χ4v) is 2.90. The van der Waals surface area contributed by atoms with E-state index in [-0.39, 0.29) is 34.9 Å². The van der Waals surface area contributed by atoms with Gasteiger partial charge in [0, 0.05) is 5.69 Å². The molecule has 0 aliphatic carbocycles. The number of esters is 1. The van der Waals surface area contributed by atoms with Gasteiger partial charge in [0.25, 0.3) is 0 Å². The number of ether oxygens (including phenoxy) is 1. The number of aromatic nitrogens is 2. The fourth-order valence-electron chi connectivity index (χ4n) is 1.88. The van der Waals surface area contributed by atoms with Crippen molar-refractivity contribution in [1.29, 1.82) is 0 Å². The summed E-state index contributed by atoms with van der Waals surface area (Å²) in [5.41, 5.74) is 0.297. The van der Waals surface area contributed by atoms with Crippen molar-refractivity contribution in [2.45, 2.75) is 6.92 Å². The quantitative estimate of drug-likeness (QED) is 0.373. The first-order valence-corrected chi connectivity index (χ1v) is 9.89. The van der Waals surface area contributed by atoms with E-state index >= 15 is 0 Å². The number of carbonyl (C=O) groups excluding carboxylic acids is 2. The van der Waals surface area contributed by atoms with Crippen LogP contribution in [-0.4, -0.2) is 42.9 Å². The second-order valence-electron chi connectivity index (χ2n) is 5.07. The number of halogens is 2. The van der Waals surface area contributed by atoms with E-state index in [9.17, 15) is 18.0 Å². The lowest BCUT2D eigenvalue weighted by Crippen LogP contribution is -2.37. The van der Waals surface area contributed by atoms with Crippen LogP contribution in [0.25, 0.3) is 0 Å². The minimum absolute atomic E-state index is 0.0614. The number of nitrogens with one attached hydrogen (secondary N) is 2. The molecule has 0 radical (unpaired) electrons. The van der Waals surface area contributed by atoms with E-state index in [2.05, 4.69) is 15.3 Å². The molecule has 1 aromatic carbocycles. The van der Waals surface area contributed by atoms with Crippen LogP contribution >= 0.6 is 23.2 Å². The second kappa shape index (κ2) is 9.53. The Hall–Kier alpha value is -2.63. The molecule has 0 unspecified atom stereocenters. The number of benzene rings is 1. The number of hydrogen-bond donors (Lipinski definition) is 2. The van der Waals surface area contributed by atoms with E-state index in [4.69, 9.17) is 32.1 Å². The van der Waals surface area contributed by atoms with Crippen molar-refractivity contribution < 1.29 is 26.9 Å². The summed E-state index contributed by atoms with van der Waals surface area (Å²) in [4.78, 5) is 31.5. The second-order valence-corrected chi connectivity index (χ2v) is 7.11. The van der Waals surface area contributed by atoms with Gasteiger partial charge in [-0.3, -0.25) is 5.32 Å². The largest absolute Gasteiger partial charge is 0.461 e. The highest BCUT2D eigenvalue weighted by Crippen LogP contribution is 2.20. The number of hydrogen-bond acceptors (Lipinski definition) is 8. The summed E-state index contributed by atoms with van der Waals surface area (Å²) in [6.07, 6.45) is 0. The van der Waals surface area contributed by atoms with Gasteiger partial charge in [-0.1, -0.05) is 23.7 Å². The van der Waals surface area contributed by atoms with Crippen LogP contribution < -0.4 is 14.2 Å². The molecule has 0 aliphatic heterocycles. The number of nitrogens with zero attached hydrogens (tertiary/aromatic N) is 2. The molecule has 28 heavy (non-hydrogen) atoms. The molecule has 1 heterocycles. The highest BCUT2D eigenvalue weighted by Gasteiger charge is 2.22. The van der Waals surface area contributed by atoms with Gasteiger partial charge in [-0.15, -0.1) is 11.6 Å². The number of urea groups is 1. The van der Waals surface area contributed by atoms with Gasteiger partial charge < -0.3 is 8.92 Å². The Labute approximate surface area is 170 Å². The van der Waals surface area contributed by atoms with E-state index in [1.165, 1.54) is 30.3 Å². The summed E-state index contributed by atoms with van der Waals surface area (Å²) in [7, 11) is -4.64. The number of amides is 2. The number of carbonyl (C=O) groups is 2. The molecule has 0 saturated carbocycles. The Morgan fingerprint density at radius 1 is 1.21 bits per heavy atom. The smallest absolute Gasteiger partial charge is 0.411 e. The SMILES string of the molecule is Cc1cc(Cl)nc(NC(=O)NS(=O)(=O)Oc2ccccc2C(=O)OCCCl)n1. The third-order valence-electron chi connectivity index (χ3n) is 2.88. The Kier molecular flexibility index (Phi) is 7.38. The molecule has 13 heteroatoms. The zero-order chi connectivity index (χ0) is 20.7. The van der Waals surface area contributed by atoms with Crippen molar-refractivity contribution in [2.24, 2.45) is 0 Å². The summed E-state index contributed by atoms with van der Waals surface area (Å²) in [5, 5.41) is 2.17. The van der Waals surface area contributed by atoms with Gasteiger partial charge in [-0.05, 0) is 25.1 Å². The summed E-state index contributed by atoms with van der Waals surface area (Å²) in [6.45, 7) is 1.54. The number of aryl methyl sites for hydroxylation is 1. The molecule has 2 aromatic rings. The molecule has 10 nitrogen and oxygen atoms in total. The van der Waals surface area contributed by atoms with E-state index in [0.717, 1.165) is 0 Å². The standard InChI is InChI=1S/C15H14Cl2N4O6S/c1-9-8-12(17)19-14(18-9)20-15(23)21-28(24,25)27-11-5-3-2-4-10(11)13(22)26-7-6-16/h2-5,8H,6-7H2,1H3,(H2,18,19,20,21,23). The molecule has 2 rings (SSSR count). The molecule has 0 fully saturated rings. The van der Waals surface area contributed by atoms with Crippen LogP contribution in [0, 0.1) is 6.92 Å². The number of anilines is 1. The third-order valence-corrected chi connectivity index (χ3v) is 4.07. The zero-order valence-corrected chi connectivity index (χ0v) is 16.6.